The lowest BCUT2D eigenvalue weighted by Crippen LogP contribution is -2.27. The summed E-state index contributed by atoms with van der Waals surface area (Å²) in [6, 6.07) is 12.8. The van der Waals surface area contributed by atoms with E-state index in [2.05, 4.69) is 12.2 Å². The molecule has 21 heavy (non-hydrogen) atoms. The zero-order valence-corrected chi connectivity index (χ0v) is 12.7. The topological polar surface area (TPSA) is 32.3 Å². The van der Waals surface area contributed by atoms with Crippen molar-refractivity contribution in [2.45, 2.75) is 30.3 Å². The zero-order valence-electron chi connectivity index (χ0n) is 11.8. The maximum Gasteiger partial charge on any atom is 0.137 e. The minimum atomic E-state index is -0.131. The molecule has 2 aromatic carbocycles. The van der Waals surface area contributed by atoms with Crippen molar-refractivity contribution in [3.63, 3.8) is 0 Å². The summed E-state index contributed by atoms with van der Waals surface area (Å²) in [5.41, 5.74) is 2.07. The second kappa shape index (κ2) is 6.08. The predicted molar refractivity (Wildman–Crippen MR) is 84.1 cm³/mol. The third-order valence-corrected chi connectivity index (χ3v) is 5.01. The molecule has 2 N–H and O–H groups in total. The summed E-state index contributed by atoms with van der Waals surface area (Å²) in [5, 5.41) is 13.1. The standard InChI is InChI=1S/C17H18FNOS/c1-11(12-4-2-5-13(20)10-12)19-16-8-9-21-17-14(16)6-3-7-15(17)18/h2-7,10-11,16,19-20H,8-9H2,1H3. The van der Waals surface area contributed by atoms with Gasteiger partial charge in [-0.1, -0.05) is 24.3 Å². The first-order valence-corrected chi connectivity index (χ1v) is 8.10. The highest BCUT2D eigenvalue weighted by Crippen LogP contribution is 2.38. The fourth-order valence-corrected chi connectivity index (χ4v) is 3.89. The van der Waals surface area contributed by atoms with Crippen molar-refractivity contribution in [2.24, 2.45) is 0 Å². The second-order valence-corrected chi connectivity index (χ2v) is 6.44. The van der Waals surface area contributed by atoms with Gasteiger partial charge in [0.05, 0.1) is 0 Å². The lowest BCUT2D eigenvalue weighted by atomic mass is 10.0. The van der Waals surface area contributed by atoms with Crippen LogP contribution in [-0.2, 0) is 0 Å². The summed E-state index contributed by atoms with van der Waals surface area (Å²) in [6.07, 6.45) is 0.976. The Morgan fingerprint density at radius 1 is 1.29 bits per heavy atom. The molecule has 0 bridgehead atoms. The number of hydrogen-bond donors (Lipinski definition) is 2. The van der Waals surface area contributed by atoms with Crippen molar-refractivity contribution in [1.82, 2.24) is 5.32 Å². The van der Waals surface area contributed by atoms with Crippen molar-refractivity contribution < 1.29 is 9.50 Å². The Hall–Kier alpha value is -1.52. The van der Waals surface area contributed by atoms with E-state index < -0.39 is 0 Å². The van der Waals surface area contributed by atoms with Crippen LogP contribution in [0.25, 0.3) is 0 Å². The number of hydrogen-bond acceptors (Lipinski definition) is 3. The summed E-state index contributed by atoms with van der Waals surface area (Å²) in [5.74, 6) is 1.05. The van der Waals surface area contributed by atoms with Crippen LogP contribution in [0.4, 0.5) is 4.39 Å². The van der Waals surface area contributed by atoms with E-state index >= 15 is 0 Å². The molecule has 0 fully saturated rings. The Labute approximate surface area is 128 Å². The van der Waals surface area contributed by atoms with Gasteiger partial charge in [-0.3, -0.25) is 0 Å². The second-order valence-electron chi connectivity index (χ2n) is 5.33. The highest BCUT2D eigenvalue weighted by atomic mass is 32.2. The molecule has 0 radical (unpaired) electrons. The van der Waals surface area contributed by atoms with Crippen molar-refractivity contribution in [2.75, 3.05) is 5.75 Å². The monoisotopic (exact) mass is 303 g/mol. The molecule has 0 amide bonds. The smallest absolute Gasteiger partial charge is 0.137 e. The average Bonchev–Trinajstić information content (AvgIpc) is 2.48. The fraction of sp³-hybridized carbons (Fsp3) is 0.294. The first kappa shape index (κ1) is 14.4. The van der Waals surface area contributed by atoms with Gasteiger partial charge in [0.1, 0.15) is 11.6 Å². The van der Waals surface area contributed by atoms with E-state index in [1.807, 2.05) is 18.2 Å². The lowest BCUT2D eigenvalue weighted by Gasteiger charge is -2.29. The zero-order chi connectivity index (χ0) is 14.8. The van der Waals surface area contributed by atoms with Crippen LogP contribution in [0, 0.1) is 5.82 Å². The summed E-state index contributed by atoms with van der Waals surface area (Å²) in [7, 11) is 0. The maximum atomic E-state index is 13.9. The van der Waals surface area contributed by atoms with Crippen LogP contribution in [0.3, 0.4) is 0 Å². The first-order chi connectivity index (χ1) is 10.1. The molecule has 0 aliphatic carbocycles. The van der Waals surface area contributed by atoms with Gasteiger partial charge in [0.2, 0.25) is 0 Å². The van der Waals surface area contributed by atoms with Crippen LogP contribution in [0.15, 0.2) is 47.4 Å². The molecule has 110 valence electrons. The molecule has 0 spiro atoms. The maximum absolute atomic E-state index is 13.9. The van der Waals surface area contributed by atoms with Crippen LogP contribution in [-0.4, -0.2) is 10.9 Å². The number of halogens is 1. The molecule has 2 aromatic rings. The number of fused-ring (bicyclic) bond motifs is 1. The summed E-state index contributed by atoms with van der Waals surface area (Å²) in [6.45, 7) is 2.06. The molecular formula is C17H18FNOS. The molecule has 1 aliphatic heterocycles. The quantitative estimate of drug-likeness (QED) is 0.880. The summed E-state index contributed by atoms with van der Waals surface area (Å²) < 4.78 is 13.9. The number of benzene rings is 2. The number of nitrogens with one attached hydrogen (secondary N) is 1. The van der Waals surface area contributed by atoms with Gasteiger partial charge < -0.3 is 10.4 Å². The molecule has 2 atom stereocenters. The molecule has 1 heterocycles. The molecule has 2 nitrogen and oxygen atoms in total. The Bertz CT molecular complexity index is 646. The molecule has 2 unspecified atom stereocenters. The van der Waals surface area contributed by atoms with Crippen LogP contribution >= 0.6 is 11.8 Å². The van der Waals surface area contributed by atoms with Gasteiger partial charge in [0.15, 0.2) is 0 Å². The Morgan fingerprint density at radius 2 is 2.10 bits per heavy atom. The molecule has 3 rings (SSSR count). The number of thioether (sulfide) groups is 1. The normalized spacial score (nSPS) is 19.0. The Kier molecular flexibility index (Phi) is 4.17. The van der Waals surface area contributed by atoms with Gasteiger partial charge in [0.25, 0.3) is 0 Å². The van der Waals surface area contributed by atoms with Crippen LogP contribution in [0.1, 0.15) is 36.6 Å². The predicted octanol–water partition coefficient (Wildman–Crippen LogP) is 4.42. The molecule has 0 saturated carbocycles. The highest BCUT2D eigenvalue weighted by molar-refractivity contribution is 7.99. The van der Waals surface area contributed by atoms with E-state index in [9.17, 15) is 9.50 Å². The minimum Gasteiger partial charge on any atom is -0.508 e. The Morgan fingerprint density at radius 3 is 2.90 bits per heavy atom. The van der Waals surface area contributed by atoms with Gasteiger partial charge in [-0.05, 0) is 48.4 Å². The third-order valence-electron chi connectivity index (χ3n) is 3.85. The lowest BCUT2D eigenvalue weighted by molar-refractivity contribution is 0.439. The molecule has 1 aliphatic rings. The summed E-state index contributed by atoms with van der Waals surface area (Å²) >= 11 is 1.59. The van der Waals surface area contributed by atoms with Gasteiger partial charge in [0, 0.05) is 17.0 Å². The minimum absolute atomic E-state index is 0.0984. The van der Waals surface area contributed by atoms with Gasteiger partial charge in [-0.15, -0.1) is 11.8 Å². The SMILES string of the molecule is CC(NC1CCSc2c(F)cccc21)c1cccc(O)c1. The van der Waals surface area contributed by atoms with Crippen LogP contribution < -0.4 is 5.32 Å². The molecule has 0 aromatic heterocycles. The van der Waals surface area contributed by atoms with Gasteiger partial charge >= 0.3 is 0 Å². The highest BCUT2D eigenvalue weighted by Gasteiger charge is 2.24. The molecular weight excluding hydrogens is 285 g/mol. The van der Waals surface area contributed by atoms with Crippen molar-refractivity contribution in [3.8, 4) is 5.75 Å². The van der Waals surface area contributed by atoms with Crippen molar-refractivity contribution in [3.05, 3.63) is 59.4 Å². The van der Waals surface area contributed by atoms with Gasteiger partial charge in [-0.2, -0.15) is 0 Å². The number of phenols is 1. The summed E-state index contributed by atoms with van der Waals surface area (Å²) in [4.78, 5) is 0.768. The van der Waals surface area contributed by atoms with E-state index in [0.717, 1.165) is 28.2 Å². The third kappa shape index (κ3) is 3.06. The number of aromatic hydroxyl groups is 1. The van der Waals surface area contributed by atoms with Crippen LogP contribution in [0.2, 0.25) is 0 Å². The van der Waals surface area contributed by atoms with Crippen LogP contribution in [0.5, 0.6) is 5.75 Å². The van der Waals surface area contributed by atoms with E-state index in [1.165, 1.54) is 6.07 Å². The molecule has 0 saturated heterocycles. The molecule has 4 heteroatoms. The largest absolute Gasteiger partial charge is 0.508 e. The fourth-order valence-electron chi connectivity index (χ4n) is 2.75. The first-order valence-electron chi connectivity index (χ1n) is 7.11. The van der Waals surface area contributed by atoms with E-state index in [-0.39, 0.29) is 23.7 Å². The van der Waals surface area contributed by atoms with Gasteiger partial charge in [-0.25, -0.2) is 4.39 Å². The van der Waals surface area contributed by atoms with E-state index in [4.69, 9.17) is 0 Å². The Balaban J connectivity index is 1.82. The van der Waals surface area contributed by atoms with Crippen molar-refractivity contribution >= 4 is 11.8 Å². The van der Waals surface area contributed by atoms with E-state index in [1.54, 1.807) is 30.0 Å². The van der Waals surface area contributed by atoms with Crippen molar-refractivity contribution in [1.29, 1.82) is 0 Å². The van der Waals surface area contributed by atoms with E-state index in [0.29, 0.717) is 0 Å². The average molecular weight is 303 g/mol. The number of phenolic OH excluding ortho intramolecular Hbond substituents is 1. The number of rotatable bonds is 3.